The molecule has 2 aliphatic heterocycles. The average molecular weight is 455 g/mol. The van der Waals surface area contributed by atoms with Gasteiger partial charge in [-0.05, 0) is 66.7 Å². The van der Waals surface area contributed by atoms with Crippen LogP contribution in [0.4, 0.5) is 9.59 Å². The number of likely N-dealkylation sites (tertiary alicyclic amines) is 2. The molecule has 2 atom stereocenters. The summed E-state index contributed by atoms with van der Waals surface area (Å²) in [5, 5.41) is 0. The quantitative estimate of drug-likeness (QED) is 0.584. The largest absolute Gasteiger partial charge is 0.443 e. The summed E-state index contributed by atoms with van der Waals surface area (Å²) in [6, 6.07) is 0. The first-order valence-corrected chi connectivity index (χ1v) is 11.8. The van der Waals surface area contributed by atoms with Gasteiger partial charge >= 0.3 is 12.2 Å². The molecule has 2 saturated heterocycles. The first-order valence-electron chi connectivity index (χ1n) is 11.8. The number of carbonyl (C=O) groups excluding carboxylic acids is 4. The molecule has 32 heavy (non-hydrogen) atoms. The first kappa shape index (κ1) is 27.9. The van der Waals surface area contributed by atoms with Gasteiger partial charge in [0.05, 0.1) is 0 Å². The molecule has 2 rings (SSSR count). The van der Waals surface area contributed by atoms with Gasteiger partial charge in [0.15, 0.2) is 0 Å². The summed E-state index contributed by atoms with van der Waals surface area (Å²) in [5.41, 5.74) is -1.08. The van der Waals surface area contributed by atoms with E-state index in [0.717, 1.165) is 32.1 Å². The summed E-state index contributed by atoms with van der Waals surface area (Å²) in [5.74, 6) is 0.145. The molecule has 0 bridgehead atoms. The lowest BCUT2D eigenvalue weighted by molar-refractivity contribution is -0.130. The molecular formula is C24H42N2O6. The first-order chi connectivity index (χ1) is 14.7. The van der Waals surface area contributed by atoms with Gasteiger partial charge in [-0.2, -0.15) is 0 Å². The van der Waals surface area contributed by atoms with Crippen molar-refractivity contribution in [3.8, 4) is 0 Å². The van der Waals surface area contributed by atoms with Crippen LogP contribution in [-0.2, 0) is 19.1 Å². The van der Waals surface area contributed by atoms with Gasteiger partial charge in [-0.1, -0.05) is 26.7 Å². The van der Waals surface area contributed by atoms with Crippen molar-refractivity contribution in [2.45, 2.75) is 105 Å². The van der Waals surface area contributed by atoms with Crippen molar-refractivity contribution in [1.82, 2.24) is 9.80 Å². The summed E-state index contributed by atoms with van der Waals surface area (Å²) in [6.07, 6.45) is 4.10. The van der Waals surface area contributed by atoms with E-state index >= 15 is 0 Å². The van der Waals surface area contributed by atoms with Crippen molar-refractivity contribution in [3.05, 3.63) is 0 Å². The van der Waals surface area contributed by atoms with Crippen molar-refractivity contribution in [2.75, 3.05) is 13.1 Å². The second kappa shape index (κ2) is 11.7. The highest BCUT2D eigenvalue weighted by Gasteiger charge is 2.37. The molecule has 4 amide bonds. The number of nitrogens with zero attached hydrogens (tertiary/aromatic N) is 2. The lowest BCUT2D eigenvalue weighted by Crippen LogP contribution is -2.38. The molecule has 184 valence electrons. The smallest absolute Gasteiger partial charge is 0.417 e. The van der Waals surface area contributed by atoms with Crippen LogP contribution in [-0.4, -0.2) is 58.1 Å². The third kappa shape index (κ3) is 9.17. The van der Waals surface area contributed by atoms with E-state index in [0.29, 0.717) is 25.4 Å². The van der Waals surface area contributed by atoms with Crippen LogP contribution in [0.2, 0.25) is 0 Å². The molecule has 2 fully saturated rings. The monoisotopic (exact) mass is 454 g/mol. The fraction of sp³-hybridized carbons (Fsp3) is 0.833. The number of carbonyl (C=O) groups is 4. The minimum atomic E-state index is -0.541. The highest BCUT2D eigenvalue weighted by Crippen LogP contribution is 2.25. The number of imide groups is 2. The van der Waals surface area contributed by atoms with Crippen LogP contribution < -0.4 is 0 Å². The molecule has 0 aromatic rings. The third-order valence-corrected chi connectivity index (χ3v) is 5.08. The maximum Gasteiger partial charge on any atom is 0.417 e. The summed E-state index contributed by atoms with van der Waals surface area (Å²) < 4.78 is 10.4. The van der Waals surface area contributed by atoms with E-state index in [1.807, 2.05) is 6.92 Å². The van der Waals surface area contributed by atoms with E-state index in [4.69, 9.17) is 9.47 Å². The molecule has 0 aliphatic carbocycles. The molecule has 2 heterocycles. The lowest BCUT2D eigenvalue weighted by Gasteiger charge is -2.23. The molecule has 2 aliphatic rings. The van der Waals surface area contributed by atoms with Crippen LogP contribution in [0.1, 0.15) is 93.9 Å². The predicted octanol–water partition coefficient (Wildman–Crippen LogP) is 5.14. The van der Waals surface area contributed by atoms with Gasteiger partial charge < -0.3 is 9.47 Å². The minimum absolute atomic E-state index is 0.0116. The second-order valence-electron chi connectivity index (χ2n) is 10.6. The van der Waals surface area contributed by atoms with Crippen molar-refractivity contribution >= 4 is 24.0 Å². The highest BCUT2D eigenvalue weighted by molar-refractivity contribution is 5.95. The Morgan fingerprint density at radius 2 is 1.38 bits per heavy atom. The molecular weight excluding hydrogens is 412 g/mol. The van der Waals surface area contributed by atoms with E-state index < -0.39 is 23.4 Å². The summed E-state index contributed by atoms with van der Waals surface area (Å²) in [6.45, 7) is 15.9. The molecule has 0 radical (unpaired) electrons. The Morgan fingerprint density at radius 3 is 1.84 bits per heavy atom. The SMILES string of the molecule is CCCC1CC(=O)N(C(=O)OC(C)(C)C)C1.CCCC1CCN(C(=O)OC(C)(C)C)C1=O. The molecule has 0 saturated carbocycles. The van der Waals surface area contributed by atoms with E-state index in [1.54, 1.807) is 41.5 Å². The van der Waals surface area contributed by atoms with Gasteiger partial charge in [-0.3, -0.25) is 9.59 Å². The lowest BCUT2D eigenvalue weighted by atomic mass is 10.0. The average Bonchev–Trinajstić information content (AvgIpc) is 3.16. The third-order valence-electron chi connectivity index (χ3n) is 5.08. The van der Waals surface area contributed by atoms with Gasteiger partial charge in [0.25, 0.3) is 0 Å². The molecule has 0 spiro atoms. The molecule has 8 heteroatoms. The number of amides is 4. The number of hydrogen-bond donors (Lipinski definition) is 0. The van der Waals surface area contributed by atoms with Crippen molar-refractivity contribution in [3.63, 3.8) is 0 Å². The fourth-order valence-corrected chi connectivity index (χ4v) is 3.73. The van der Waals surface area contributed by atoms with Crippen LogP contribution in [0.25, 0.3) is 0 Å². The Kier molecular flexibility index (Phi) is 10.2. The van der Waals surface area contributed by atoms with Gasteiger partial charge in [0, 0.05) is 25.4 Å². The zero-order chi connectivity index (χ0) is 24.7. The summed E-state index contributed by atoms with van der Waals surface area (Å²) >= 11 is 0. The Hall–Kier alpha value is -2.12. The zero-order valence-corrected chi connectivity index (χ0v) is 21.2. The second-order valence-corrected chi connectivity index (χ2v) is 10.6. The minimum Gasteiger partial charge on any atom is -0.443 e. The van der Waals surface area contributed by atoms with Gasteiger partial charge in [0.2, 0.25) is 11.8 Å². The topological polar surface area (TPSA) is 93.2 Å². The van der Waals surface area contributed by atoms with Gasteiger partial charge in [-0.15, -0.1) is 0 Å². The van der Waals surface area contributed by atoms with Crippen molar-refractivity contribution < 1.29 is 28.7 Å². The maximum atomic E-state index is 11.8. The predicted molar refractivity (Wildman–Crippen MR) is 122 cm³/mol. The molecule has 0 N–H and O–H groups in total. The van der Waals surface area contributed by atoms with Crippen molar-refractivity contribution in [2.24, 2.45) is 11.8 Å². The molecule has 2 unspecified atom stereocenters. The molecule has 0 aromatic carbocycles. The van der Waals surface area contributed by atoms with Crippen LogP contribution in [0.15, 0.2) is 0 Å². The Morgan fingerprint density at radius 1 is 0.875 bits per heavy atom. The zero-order valence-electron chi connectivity index (χ0n) is 21.2. The normalized spacial score (nSPS) is 21.4. The van der Waals surface area contributed by atoms with E-state index in [1.165, 1.54) is 9.80 Å². The standard InChI is InChI=1S/2C12H21NO3/c1-5-6-9-7-10(14)13(8-9)11(15)16-12(2,3)4;1-5-6-9-7-8-13(10(9)14)11(15)16-12(2,3)4/h2*9H,5-8H2,1-4H3. The molecule has 8 nitrogen and oxygen atoms in total. The van der Waals surface area contributed by atoms with Crippen LogP contribution in [0.5, 0.6) is 0 Å². The maximum absolute atomic E-state index is 11.8. The van der Waals surface area contributed by atoms with Crippen LogP contribution in [0.3, 0.4) is 0 Å². The van der Waals surface area contributed by atoms with E-state index in [9.17, 15) is 19.2 Å². The van der Waals surface area contributed by atoms with Gasteiger partial charge in [-0.25, -0.2) is 19.4 Å². The highest BCUT2D eigenvalue weighted by atomic mass is 16.6. The number of hydrogen-bond acceptors (Lipinski definition) is 6. The van der Waals surface area contributed by atoms with Gasteiger partial charge in [0.1, 0.15) is 11.2 Å². The Balaban J connectivity index is 0.000000320. The van der Waals surface area contributed by atoms with E-state index in [2.05, 4.69) is 6.92 Å². The Bertz CT molecular complexity index is 651. The summed E-state index contributed by atoms with van der Waals surface area (Å²) in [4.78, 5) is 49.4. The number of ether oxygens (including phenoxy) is 2. The summed E-state index contributed by atoms with van der Waals surface area (Å²) in [7, 11) is 0. The number of rotatable bonds is 4. The van der Waals surface area contributed by atoms with Crippen LogP contribution >= 0.6 is 0 Å². The Labute approximate surface area is 193 Å². The van der Waals surface area contributed by atoms with Crippen LogP contribution in [0, 0.1) is 11.8 Å². The molecule has 0 aromatic heterocycles. The van der Waals surface area contributed by atoms with E-state index in [-0.39, 0.29) is 17.7 Å². The van der Waals surface area contributed by atoms with Crippen molar-refractivity contribution in [1.29, 1.82) is 0 Å². The fourth-order valence-electron chi connectivity index (χ4n) is 3.73.